The number of rotatable bonds is 3. The molecule has 138 valence electrons. The highest BCUT2D eigenvalue weighted by molar-refractivity contribution is 5.78. The Morgan fingerprint density at radius 3 is 2.89 bits per heavy atom. The Labute approximate surface area is 156 Å². The fraction of sp³-hybridized carbons (Fsp3) is 0.368. The Hall–Kier alpha value is -3.16. The maximum Gasteiger partial charge on any atom is 0.313 e. The minimum atomic E-state index is 0.0688. The third-order valence-electron chi connectivity index (χ3n) is 5.29. The summed E-state index contributed by atoms with van der Waals surface area (Å²) in [6.45, 7) is 2.12. The molecule has 0 bridgehead atoms. The van der Waals surface area contributed by atoms with Gasteiger partial charge in [0, 0.05) is 42.6 Å². The molecule has 0 saturated carbocycles. The standard InChI is InChI=1S/C19H21N7O/c20-19-25-24-18(27-19)12-4-5-15-13(10-12)14(11-22-15)17-21-7-6-16(23-17)26-8-2-1-3-9-26/h4-7,10-11,13,15,22H,1-3,8-9H2,(H2,20,25). The van der Waals surface area contributed by atoms with Crippen LogP contribution in [0.4, 0.5) is 11.8 Å². The monoisotopic (exact) mass is 363 g/mol. The van der Waals surface area contributed by atoms with Gasteiger partial charge in [-0.3, -0.25) is 0 Å². The maximum atomic E-state index is 5.56. The number of aromatic nitrogens is 4. The van der Waals surface area contributed by atoms with Crippen LogP contribution in [0.3, 0.4) is 0 Å². The lowest BCUT2D eigenvalue weighted by Gasteiger charge is -2.28. The molecule has 5 rings (SSSR count). The molecule has 2 aromatic rings. The van der Waals surface area contributed by atoms with Crippen molar-refractivity contribution in [1.29, 1.82) is 0 Å². The summed E-state index contributed by atoms with van der Waals surface area (Å²) in [5.41, 5.74) is 7.48. The van der Waals surface area contributed by atoms with Crippen LogP contribution in [0, 0.1) is 5.92 Å². The molecule has 0 spiro atoms. The number of hydrogen-bond acceptors (Lipinski definition) is 8. The molecule has 2 aromatic heterocycles. The van der Waals surface area contributed by atoms with E-state index in [1.54, 1.807) is 0 Å². The summed E-state index contributed by atoms with van der Waals surface area (Å²) >= 11 is 0. The van der Waals surface area contributed by atoms with Crippen molar-refractivity contribution in [2.24, 2.45) is 5.92 Å². The highest BCUT2D eigenvalue weighted by Gasteiger charge is 2.32. The Morgan fingerprint density at radius 1 is 1.19 bits per heavy atom. The molecule has 3 aliphatic rings. The molecule has 0 amide bonds. The molecule has 0 radical (unpaired) electrons. The van der Waals surface area contributed by atoms with E-state index in [0.29, 0.717) is 5.89 Å². The van der Waals surface area contributed by atoms with Gasteiger partial charge in [-0.2, -0.15) is 0 Å². The molecular weight excluding hydrogens is 342 g/mol. The van der Waals surface area contributed by atoms with E-state index >= 15 is 0 Å². The van der Waals surface area contributed by atoms with Crippen LogP contribution >= 0.6 is 0 Å². The Bertz CT molecular complexity index is 939. The van der Waals surface area contributed by atoms with E-state index in [4.69, 9.17) is 15.1 Å². The second-order valence-electron chi connectivity index (χ2n) is 7.03. The van der Waals surface area contributed by atoms with E-state index in [-0.39, 0.29) is 18.0 Å². The van der Waals surface area contributed by atoms with Gasteiger partial charge in [-0.1, -0.05) is 23.3 Å². The Kier molecular flexibility index (Phi) is 3.88. The zero-order valence-corrected chi connectivity index (χ0v) is 14.9. The highest BCUT2D eigenvalue weighted by Crippen LogP contribution is 2.36. The molecule has 4 heterocycles. The molecule has 27 heavy (non-hydrogen) atoms. The van der Waals surface area contributed by atoms with Gasteiger partial charge in [-0.25, -0.2) is 9.97 Å². The zero-order chi connectivity index (χ0) is 18.2. The van der Waals surface area contributed by atoms with E-state index in [0.717, 1.165) is 35.9 Å². The van der Waals surface area contributed by atoms with E-state index in [1.165, 1.54) is 19.3 Å². The van der Waals surface area contributed by atoms with Crippen molar-refractivity contribution in [2.75, 3.05) is 23.7 Å². The van der Waals surface area contributed by atoms with Gasteiger partial charge in [0.1, 0.15) is 5.82 Å². The second-order valence-corrected chi connectivity index (χ2v) is 7.03. The van der Waals surface area contributed by atoms with E-state index in [1.807, 2.05) is 24.5 Å². The summed E-state index contributed by atoms with van der Waals surface area (Å²) in [6.07, 6.45) is 13.8. The molecule has 1 saturated heterocycles. The second kappa shape index (κ2) is 6.53. The van der Waals surface area contributed by atoms with Gasteiger partial charge in [-0.05, 0) is 25.3 Å². The number of anilines is 2. The van der Waals surface area contributed by atoms with Crippen molar-refractivity contribution < 1.29 is 4.42 Å². The lowest BCUT2D eigenvalue weighted by molar-refractivity contribution is 0.557. The first kappa shape index (κ1) is 16.0. The number of nitrogens with one attached hydrogen (secondary N) is 1. The molecular formula is C19H21N7O. The van der Waals surface area contributed by atoms with Gasteiger partial charge in [-0.15, -0.1) is 5.10 Å². The lowest BCUT2D eigenvalue weighted by Crippen LogP contribution is -2.30. The molecule has 2 aliphatic heterocycles. The van der Waals surface area contributed by atoms with E-state index in [2.05, 4.69) is 37.6 Å². The van der Waals surface area contributed by atoms with Crippen molar-refractivity contribution in [3.8, 4) is 0 Å². The molecule has 3 N–H and O–H groups in total. The normalized spacial score (nSPS) is 24.2. The minimum Gasteiger partial charge on any atom is -0.404 e. The smallest absolute Gasteiger partial charge is 0.313 e. The van der Waals surface area contributed by atoms with Crippen molar-refractivity contribution in [3.05, 3.63) is 48.4 Å². The fourth-order valence-corrected chi connectivity index (χ4v) is 3.90. The van der Waals surface area contributed by atoms with Crippen LogP contribution < -0.4 is 16.0 Å². The predicted molar refractivity (Wildman–Crippen MR) is 102 cm³/mol. The first-order valence-electron chi connectivity index (χ1n) is 9.32. The van der Waals surface area contributed by atoms with E-state index < -0.39 is 0 Å². The first-order chi connectivity index (χ1) is 13.3. The first-order valence-corrected chi connectivity index (χ1v) is 9.32. The van der Waals surface area contributed by atoms with Crippen LogP contribution in [0.2, 0.25) is 0 Å². The van der Waals surface area contributed by atoms with Gasteiger partial charge in [0.05, 0.1) is 6.04 Å². The van der Waals surface area contributed by atoms with Crippen molar-refractivity contribution >= 4 is 23.0 Å². The molecule has 2 unspecified atom stereocenters. The van der Waals surface area contributed by atoms with Crippen molar-refractivity contribution in [2.45, 2.75) is 25.3 Å². The summed E-state index contributed by atoms with van der Waals surface area (Å²) in [6, 6.07) is 2.24. The number of nitrogens with zero attached hydrogens (tertiary/aromatic N) is 5. The van der Waals surface area contributed by atoms with E-state index in [9.17, 15) is 0 Å². The molecule has 2 atom stereocenters. The number of nitrogen functional groups attached to an aromatic ring is 1. The van der Waals surface area contributed by atoms with Crippen LogP contribution in [0.15, 0.2) is 41.1 Å². The average molecular weight is 363 g/mol. The van der Waals surface area contributed by atoms with Crippen molar-refractivity contribution in [1.82, 2.24) is 25.5 Å². The topological polar surface area (TPSA) is 106 Å². The predicted octanol–water partition coefficient (Wildman–Crippen LogP) is 2.01. The lowest BCUT2D eigenvalue weighted by atomic mass is 9.88. The molecule has 1 aliphatic carbocycles. The van der Waals surface area contributed by atoms with Gasteiger partial charge < -0.3 is 20.4 Å². The number of fused-ring (bicyclic) bond motifs is 1. The molecule has 8 heteroatoms. The third kappa shape index (κ3) is 2.97. The largest absolute Gasteiger partial charge is 0.404 e. The number of piperidine rings is 1. The quantitative estimate of drug-likeness (QED) is 0.853. The molecule has 1 fully saturated rings. The maximum absolute atomic E-state index is 5.56. The molecule has 8 nitrogen and oxygen atoms in total. The molecule has 0 aromatic carbocycles. The summed E-state index contributed by atoms with van der Waals surface area (Å²) in [5, 5.41) is 11.1. The van der Waals surface area contributed by atoms with Gasteiger partial charge in [0.15, 0.2) is 5.82 Å². The average Bonchev–Trinajstić information content (AvgIpc) is 3.34. The minimum absolute atomic E-state index is 0.0688. The SMILES string of the molecule is Nc1nnc(C2=CC3C(c4nccc(N5CCCCC5)n4)=CNC3C=C2)o1. The Balaban J connectivity index is 1.44. The van der Waals surface area contributed by atoms with Crippen LogP contribution in [0.1, 0.15) is 31.0 Å². The summed E-state index contributed by atoms with van der Waals surface area (Å²) in [4.78, 5) is 11.7. The van der Waals surface area contributed by atoms with Gasteiger partial charge >= 0.3 is 6.01 Å². The third-order valence-corrected chi connectivity index (χ3v) is 5.29. The zero-order valence-electron chi connectivity index (χ0n) is 14.9. The summed E-state index contributed by atoms with van der Waals surface area (Å²) in [7, 11) is 0. The Morgan fingerprint density at radius 2 is 2.07 bits per heavy atom. The van der Waals surface area contributed by atoms with Crippen LogP contribution in [0.25, 0.3) is 11.1 Å². The van der Waals surface area contributed by atoms with Gasteiger partial charge in [0.2, 0.25) is 5.89 Å². The van der Waals surface area contributed by atoms with Crippen LogP contribution in [-0.4, -0.2) is 39.3 Å². The van der Waals surface area contributed by atoms with Gasteiger partial charge in [0.25, 0.3) is 0 Å². The van der Waals surface area contributed by atoms with Crippen LogP contribution in [-0.2, 0) is 0 Å². The summed E-state index contributed by atoms with van der Waals surface area (Å²) < 4.78 is 5.37. The number of allylic oxidation sites excluding steroid dienone is 2. The summed E-state index contributed by atoms with van der Waals surface area (Å²) in [5.74, 6) is 2.30. The van der Waals surface area contributed by atoms with Crippen molar-refractivity contribution in [3.63, 3.8) is 0 Å². The highest BCUT2D eigenvalue weighted by atomic mass is 16.4. The van der Waals surface area contributed by atoms with Crippen LogP contribution in [0.5, 0.6) is 0 Å². The number of nitrogens with two attached hydrogens (primary N) is 1. The number of hydrogen-bond donors (Lipinski definition) is 2. The fourth-order valence-electron chi connectivity index (χ4n) is 3.90.